The molecule has 0 saturated heterocycles. The van der Waals surface area contributed by atoms with E-state index in [1.807, 2.05) is 31.2 Å². The number of nitrogens with zero attached hydrogens (tertiary/aromatic N) is 1. The van der Waals surface area contributed by atoms with Crippen LogP contribution in [0.2, 0.25) is 5.02 Å². The maximum atomic E-state index is 12.2. The first-order valence-electron chi connectivity index (χ1n) is 10.3. The van der Waals surface area contributed by atoms with Crippen molar-refractivity contribution in [3.63, 3.8) is 0 Å². The van der Waals surface area contributed by atoms with Crippen LogP contribution in [-0.2, 0) is 16.2 Å². The van der Waals surface area contributed by atoms with Gasteiger partial charge >= 0.3 is 0 Å². The van der Waals surface area contributed by atoms with Crippen LogP contribution < -0.4 is 14.8 Å². The van der Waals surface area contributed by atoms with E-state index in [0.717, 1.165) is 28.1 Å². The van der Waals surface area contributed by atoms with Gasteiger partial charge in [0.1, 0.15) is 6.61 Å². The molecular formula is C25H21ClN2O4S. The monoisotopic (exact) mass is 480 g/mol. The Bertz CT molecular complexity index is 1300. The van der Waals surface area contributed by atoms with E-state index in [1.54, 1.807) is 18.2 Å². The van der Waals surface area contributed by atoms with Crippen LogP contribution in [0.25, 0.3) is 16.8 Å². The number of carbonyl (C=O) groups excluding carboxylic acids is 2. The number of aliphatic imine (C=N–C) groups is 1. The highest BCUT2D eigenvalue weighted by Crippen LogP contribution is 2.39. The smallest absolute Gasteiger partial charge is 0.286 e. The second-order valence-corrected chi connectivity index (χ2v) is 8.64. The lowest BCUT2D eigenvalue weighted by Gasteiger charge is -2.15. The summed E-state index contributed by atoms with van der Waals surface area (Å²) in [5, 5.41) is 5.40. The second kappa shape index (κ2) is 10.1. The van der Waals surface area contributed by atoms with Crippen LogP contribution in [0.5, 0.6) is 11.5 Å². The van der Waals surface area contributed by atoms with Gasteiger partial charge in [0, 0.05) is 6.92 Å². The number of hydrogen-bond donors (Lipinski definition) is 1. The third-order valence-corrected chi connectivity index (χ3v) is 5.96. The number of ether oxygens (including phenoxy) is 2. The molecule has 0 spiro atoms. The van der Waals surface area contributed by atoms with Gasteiger partial charge in [-0.15, -0.1) is 0 Å². The quantitative estimate of drug-likeness (QED) is 0.466. The van der Waals surface area contributed by atoms with Crippen molar-refractivity contribution in [2.75, 3.05) is 6.61 Å². The fourth-order valence-electron chi connectivity index (χ4n) is 3.41. The summed E-state index contributed by atoms with van der Waals surface area (Å²) >= 11 is 7.66. The Morgan fingerprint density at radius 1 is 1.15 bits per heavy atom. The number of halogens is 1. The van der Waals surface area contributed by atoms with Crippen LogP contribution in [0.4, 0.5) is 0 Å². The number of hydrogen-bond acceptors (Lipinski definition) is 5. The first kappa shape index (κ1) is 22.9. The lowest BCUT2D eigenvalue weighted by molar-refractivity contribution is -0.117. The van der Waals surface area contributed by atoms with Crippen LogP contribution in [0.3, 0.4) is 0 Å². The largest absolute Gasteiger partial charge is 0.490 e. The van der Waals surface area contributed by atoms with Crippen LogP contribution in [0, 0.1) is 0 Å². The number of thioether (sulfide) groups is 1. The van der Waals surface area contributed by atoms with E-state index in [9.17, 15) is 9.59 Å². The van der Waals surface area contributed by atoms with Crippen molar-refractivity contribution in [1.29, 1.82) is 0 Å². The van der Waals surface area contributed by atoms with Gasteiger partial charge in [-0.1, -0.05) is 54.1 Å². The van der Waals surface area contributed by atoms with E-state index in [4.69, 9.17) is 21.1 Å². The Balaban J connectivity index is 1.59. The zero-order valence-electron chi connectivity index (χ0n) is 18.1. The highest BCUT2D eigenvalue weighted by molar-refractivity contribution is 8.18. The van der Waals surface area contributed by atoms with Gasteiger partial charge in [-0.3, -0.25) is 9.59 Å². The average Bonchev–Trinajstić information content (AvgIpc) is 3.11. The van der Waals surface area contributed by atoms with Crippen molar-refractivity contribution < 1.29 is 19.1 Å². The summed E-state index contributed by atoms with van der Waals surface area (Å²) in [6, 6.07) is 17.7. The number of benzene rings is 3. The van der Waals surface area contributed by atoms with Crippen molar-refractivity contribution >= 4 is 57.2 Å². The summed E-state index contributed by atoms with van der Waals surface area (Å²) < 4.78 is 11.9. The van der Waals surface area contributed by atoms with E-state index in [1.165, 1.54) is 6.92 Å². The first-order chi connectivity index (χ1) is 15.9. The number of fused-ring (bicyclic) bond motifs is 1. The lowest BCUT2D eigenvalue weighted by Crippen LogP contribution is -2.23. The molecule has 6 nitrogen and oxygen atoms in total. The van der Waals surface area contributed by atoms with Crippen molar-refractivity contribution in [1.82, 2.24) is 5.32 Å². The molecule has 0 aliphatic carbocycles. The van der Waals surface area contributed by atoms with Gasteiger partial charge < -0.3 is 14.8 Å². The first-order valence-corrected chi connectivity index (χ1v) is 11.5. The van der Waals surface area contributed by atoms with Crippen LogP contribution in [-0.4, -0.2) is 23.6 Å². The van der Waals surface area contributed by atoms with Gasteiger partial charge in [0.25, 0.3) is 5.91 Å². The molecule has 0 radical (unpaired) electrons. The summed E-state index contributed by atoms with van der Waals surface area (Å²) in [6.07, 6.45) is 1.66. The normalized spacial score (nSPS) is 14.5. The number of nitrogens with one attached hydrogen (secondary N) is 1. The highest BCUT2D eigenvalue weighted by atomic mass is 35.5. The topological polar surface area (TPSA) is 77.0 Å². The number of amides is 2. The molecule has 1 aliphatic rings. The predicted molar refractivity (Wildman–Crippen MR) is 133 cm³/mol. The average molecular weight is 481 g/mol. The molecule has 3 aromatic rings. The molecular weight excluding hydrogens is 460 g/mol. The minimum atomic E-state index is -0.422. The molecule has 0 unspecified atom stereocenters. The zero-order valence-corrected chi connectivity index (χ0v) is 19.6. The standard InChI is InChI=1S/C25H21ClN2O4S/c1-3-31-21-12-16(13-22-24(30)28-25(33-22)27-15(2)29)11-20(26)23(21)32-14-18-9-6-8-17-7-4-5-10-19(17)18/h4-13H,3,14H2,1-2H3,(H,27,28,29,30). The fourth-order valence-corrected chi connectivity index (χ4v) is 4.54. The Morgan fingerprint density at radius 3 is 2.73 bits per heavy atom. The summed E-state index contributed by atoms with van der Waals surface area (Å²) in [5.41, 5.74) is 1.70. The Labute approximate surface area is 200 Å². The molecule has 2 amide bonds. The molecule has 1 aliphatic heterocycles. The molecule has 8 heteroatoms. The van der Waals surface area contributed by atoms with Crippen LogP contribution in [0.15, 0.2) is 64.5 Å². The maximum Gasteiger partial charge on any atom is 0.286 e. The lowest BCUT2D eigenvalue weighted by atomic mass is 10.1. The molecule has 1 N–H and O–H groups in total. The zero-order chi connectivity index (χ0) is 23.4. The molecule has 0 aromatic heterocycles. The van der Waals surface area contributed by atoms with Crippen molar-refractivity contribution in [3.8, 4) is 11.5 Å². The summed E-state index contributed by atoms with van der Waals surface area (Å²) in [6.45, 7) is 3.98. The number of amidine groups is 1. The Kier molecular flexibility index (Phi) is 7.01. The van der Waals surface area contributed by atoms with Crippen molar-refractivity contribution in [2.45, 2.75) is 20.5 Å². The molecule has 0 fully saturated rings. The van der Waals surface area contributed by atoms with Gasteiger partial charge in [-0.2, -0.15) is 4.99 Å². The fraction of sp³-hybridized carbons (Fsp3) is 0.160. The van der Waals surface area contributed by atoms with Gasteiger partial charge in [-0.25, -0.2) is 0 Å². The molecule has 1 heterocycles. The van der Waals surface area contributed by atoms with E-state index < -0.39 is 5.91 Å². The Hall–Kier alpha value is -3.29. The van der Waals surface area contributed by atoms with Gasteiger partial charge in [-0.05, 0) is 58.8 Å². The van der Waals surface area contributed by atoms with E-state index >= 15 is 0 Å². The Morgan fingerprint density at radius 2 is 1.94 bits per heavy atom. The molecule has 0 saturated carbocycles. The number of carbonyl (C=O) groups is 2. The van der Waals surface area contributed by atoms with Crippen molar-refractivity contribution in [3.05, 3.63) is 75.7 Å². The molecule has 3 aromatic carbocycles. The molecule has 33 heavy (non-hydrogen) atoms. The van der Waals surface area contributed by atoms with E-state index in [0.29, 0.717) is 40.2 Å². The molecule has 4 rings (SSSR count). The predicted octanol–water partition coefficient (Wildman–Crippen LogP) is 5.58. The molecule has 168 valence electrons. The third kappa shape index (κ3) is 5.38. The summed E-state index contributed by atoms with van der Waals surface area (Å²) in [7, 11) is 0. The van der Waals surface area contributed by atoms with E-state index in [2.05, 4.69) is 28.5 Å². The maximum absolute atomic E-state index is 12.2. The van der Waals surface area contributed by atoms with Crippen LogP contribution in [0.1, 0.15) is 25.0 Å². The highest BCUT2D eigenvalue weighted by Gasteiger charge is 2.23. The van der Waals surface area contributed by atoms with Gasteiger partial charge in [0.15, 0.2) is 16.7 Å². The second-order valence-electron chi connectivity index (χ2n) is 7.20. The minimum absolute atomic E-state index is 0.255. The molecule has 0 atom stereocenters. The van der Waals surface area contributed by atoms with Crippen molar-refractivity contribution in [2.24, 2.45) is 4.99 Å². The van der Waals surface area contributed by atoms with Gasteiger partial charge in [0.05, 0.1) is 16.5 Å². The third-order valence-electron chi connectivity index (χ3n) is 4.78. The number of rotatable bonds is 6. The van der Waals surface area contributed by atoms with Gasteiger partial charge in [0.2, 0.25) is 5.91 Å². The summed E-state index contributed by atoms with van der Waals surface area (Å²) in [5.74, 6) is 0.212. The minimum Gasteiger partial charge on any atom is -0.490 e. The summed E-state index contributed by atoms with van der Waals surface area (Å²) in [4.78, 5) is 27.6. The van der Waals surface area contributed by atoms with Crippen LogP contribution >= 0.6 is 23.4 Å². The van der Waals surface area contributed by atoms with E-state index in [-0.39, 0.29) is 11.1 Å². The SMILES string of the molecule is CCOc1cc(C=C2SC(NC(C)=O)=NC2=O)cc(Cl)c1OCc1cccc2ccccc12. The molecule has 0 bridgehead atoms.